The number of benzene rings is 1. The van der Waals surface area contributed by atoms with E-state index in [9.17, 15) is 14.9 Å². The molecule has 1 aliphatic heterocycles. The third-order valence-corrected chi connectivity index (χ3v) is 4.40. The van der Waals surface area contributed by atoms with E-state index in [0.29, 0.717) is 12.2 Å². The van der Waals surface area contributed by atoms with E-state index in [2.05, 4.69) is 26.1 Å². The minimum absolute atomic E-state index is 0.0119. The predicted octanol–water partition coefficient (Wildman–Crippen LogP) is 3.97. The van der Waals surface area contributed by atoms with Crippen molar-refractivity contribution in [2.75, 3.05) is 5.32 Å². The van der Waals surface area contributed by atoms with Gasteiger partial charge in [0.25, 0.3) is 5.69 Å². The van der Waals surface area contributed by atoms with E-state index >= 15 is 0 Å². The molecule has 0 aliphatic carbocycles. The highest BCUT2D eigenvalue weighted by atomic mass is 28.3. The third-order valence-electron chi connectivity index (χ3n) is 3.65. The maximum Gasteiger partial charge on any atom is 0.324 e. The summed E-state index contributed by atoms with van der Waals surface area (Å²) in [4.78, 5) is 24.6. The fourth-order valence-electron chi connectivity index (χ4n) is 2.62. The third kappa shape index (κ3) is 4.54. The van der Waals surface area contributed by atoms with Crippen LogP contribution in [0.3, 0.4) is 0 Å². The number of carbonyl (C=O) groups is 1. The lowest BCUT2D eigenvalue weighted by Crippen LogP contribution is -2.49. The molecule has 0 spiro atoms. The van der Waals surface area contributed by atoms with Crippen LogP contribution in [0.1, 0.15) is 32.8 Å². The van der Waals surface area contributed by atoms with Crippen LogP contribution in [0, 0.1) is 15.5 Å². The van der Waals surface area contributed by atoms with E-state index in [0.717, 1.165) is 12.0 Å². The number of hydrogen-bond acceptors (Lipinski definition) is 4. The molecule has 8 heteroatoms. The molecule has 0 saturated carbocycles. The summed E-state index contributed by atoms with van der Waals surface area (Å²) in [5, 5.41) is 13.6. The smallest absolute Gasteiger partial charge is 0.324 e. The summed E-state index contributed by atoms with van der Waals surface area (Å²) in [5.41, 5.74) is 1.33. The Morgan fingerprint density at radius 3 is 2.62 bits per heavy atom. The fraction of sp³-hybridized carbons (Fsp3) is 0.562. The Morgan fingerprint density at radius 2 is 2.08 bits per heavy atom. The number of nitro groups is 1. The Kier molecular flexibility index (Phi) is 5.29. The predicted molar refractivity (Wildman–Crippen MR) is 94.1 cm³/mol. The summed E-state index contributed by atoms with van der Waals surface area (Å²) in [6.45, 7) is 10.8. The van der Waals surface area contributed by atoms with Gasteiger partial charge in [0.1, 0.15) is 6.23 Å². The molecule has 1 radical (unpaired) electrons. The van der Waals surface area contributed by atoms with Gasteiger partial charge in [-0.3, -0.25) is 15.0 Å². The van der Waals surface area contributed by atoms with E-state index in [4.69, 9.17) is 4.43 Å². The van der Waals surface area contributed by atoms with E-state index in [-0.39, 0.29) is 23.4 Å². The van der Waals surface area contributed by atoms with Crippen molar-refractivity contribution in [3.05, 3.63) is 33.9 Å². The summed E-state index contributed by atoms with van der Waals surface area (Å²) in [6, 6.07) is 4.28. The average molecular weight is 350 g/mol. The van der Waals surface area contributed by atoms with Crippen LogP contribution in [0.25, 0.3) is 0 Å². The van der Waals surface area contributed by atoms with Crippen LogP contribution in [-0.2, 0) is 11.0 Å². The van der Waals surface area contributed by atoms with Gasteiger partial charge in [-0.25, -0.2) is 4.79 Å². The highest BCUT2D eigenvalue weighted by Crippen LogP contribution is 2.32. The lowest BCUT2D eigenvalue weighted by molar-refractivity contribution is -0.384. The van der Waals surface area contributed by atoms with Crippen LogP contribution in [0.15, 0.2) is 18.2 Å². The molecule has 2 rings (SSSR count). The van der Waals surface area contributed by atoms with E-state index < -0.39 is 14.0 Å². The van der Waals surface area contributed by atoms with E-state index in [1.807, 2.05) is 13.1 Å². The molecule has 1 aromatic rings. The minimum Gasteiger partial charge on any atom is -0.397 e. The maximum atomic E-state index is 12.5. The monoisotopic (exact) mass is 350 g/mol. The first-order valence-corrected chi connectivity index (χ1v) is 10.3. The van der Waals surface area contributed by atoms with Gasteiger partial charge in [-0.15, -0.1) is 0 Å². The van der Waals surface area contributed by atoms with Crippen LogP contribution in [0.4, 0.5) is 16.2 Å². The molecule has 1 N–H and O–H groups in total. The molecular weight excluding hydrogens is 326 g/mol. The van der Waals surface area contributed by atoms with Gasteiger partial charge in [0.15, 0.2) is 0 Å². The summed E-state index contributed by atoms with van der Waals surface area (Å²) in [6.07, 6.45) is 0.413. The normalized spacial score (nSPS) is 15.9. The van der Waals surface area contributed by atoms with Crippen molar-refractivity contribution in [3.8, 4) is 0 Å². The summed E-state index contributed by atoms with van der Waals surface area (Å²) in [7, 11) is -0.982. The van der Waals surface area contributed by atoms with Crippen LogP contribution in [-0.4, -0.2) is 31.1 Å². The lowest BCUT2D eigenvalue weighted by atomic mass is 9.91. The zero-order valence-corrected chi connectivity index (χ0v) is 15.8. The van der Waals surface area contributed by atoms with Crippen molar-refractivity contribution in [2.24, 2.45) is 5.41 Å². The molecule has 2 amide bonds. The molecule has 24 heavy (non-hydrogen) atoms. The van der Waals surface area contributed by atoms with Gasteiger partial charge < -0.3 is 9.74 Å². The van der Waals surface area contributed by atoms with Gasteiger partial charge in [0, 0.05) is 12.1 Å². The van der Waals surface area contributed by atoms with Gasteiger partial charge >= 0.3 is 6.03 Å². The number of fused-ring (bicyclic) bond motifs is 1. The number of urea groups is 1. The van der Waals surface area contributed by atoms with Crippen LogP contribution < -0.4 is 5.32 Å². The topological polar surface area (TPSA) is 84.7 Å². The number of carbonyl (C=O) groups excluding carboxylic acids is 1. The maximum absolute atomic E-state index is 12.5. The Bertz CT molecular complexity index is 643. The van der Waals surface area contributed by atoms with Gasteiger partial charge in [-0.2, -0.15) is 0 Å². The van der Waals surface area contributed by atoms with E-state index in [1.54, 1.807) is 11.0 Å². The molecule has 7 nitrogen and oxygen atoms in total. The second-order valence-corrected chi connectivity index (χ2v) is 9.45. The standard InChI is InChI=1S/C16H24N3O4Si/c1-16(2,3)9-14(23-24(4)5)18-10-11-6-7-12(19(21)22)8-13(11)17-15(18)20/h6-8,14H,9-10H2,1-5H3,(H,17,20). The number of rotatable bonds is 5. The summed E-state index contributed by atoms with van der Waals surface area (Å²) >= 11 is 0. The number of nitrogens with zero attached hydrogens (tertiary/aromatic N) is 2. The van der Waals surface area contributed by atoms with Gasteiger partial charge in [0.2, 0.25) is 9.04 Å². The molecule has 1 aliphatic rings. The number of hydrogen-bond donors (Lipinski definition) is 1. The highest BCUT2D eigenvalue weighted by molar-refractivity contribution is 6.48. The average Bonchev–Trinajstić information content (AvgIpc) is 2.43. The number of nitro benzene ring substituents is 1. The molecule has 131 valence electrons. The number of amides is 2. The molecule has 0 aromatic heterocycles. The van der Waals surface area contributed by atoms with Crippen molar-refractivity contribution < 1.29 is 14.1 Å². The molecule has 1 unspecified atom stereocenters. The second kappa shape index (κ2) is 6.90. The zero-order valence-electron chi connectivity index (χ0n) is 14.8. The Hall–Kier alpha value is -1.93. The molecule has 1 atom stereocenters. The zero-order chi connectivity index (χ0) is 18.1. The van der Waals surface area contributed by atoms with Crippen LogP contribution in [0.5, 0.6) is 0 Å². The second-order valence-electron chi connectivity index (χ2n) is 7.40. The highest BCUT2D eigenvalue weighted by Gasteiger charge is 2.33. The molecule has 1 aromatic carbocycles. The Labute approximate surface area is 143 Å². The van der Waals surface area contributed by atoms with Crippen molar-refractivity contribution in [3.63, 3.8) is 0 Å². The van der Waals surface area contributed by atoms with Gasteiger partial charge in [-0.05, 0) is 36.6 Å². The van der Waals surface area contributed by atoms with Crippen LogP contribution >= 0.6 is 0 Å². The SMILES string of the molecule is C[Si](C)OC(CC(C)(C)C)N1Cc2ccc([N+](=O)[O-])cc2NC1=O. The summed E-state index contributed by atoms with van der Waals surface area (Å²) < 4.78 is 6.07. The molecular formula is C16H24N3O4Si. The Balaban J connectivity index is 2.27. The van der Waals surface area contributed by atoms with Crippen molar-refractivity contribution in [1.82, 2.24) is 4.90 Å². The van der Waals surface area contributed by atoms with Crippen LogP contribution in [0.2, 0.25) is 13.1 Å². The minimum atomic E-state index is -0.982. The number of non-ortho nitro benzene ring substituents is 1. The number of nitrogens with one attached hydrogen (secondary N) is 1. The summed E-state index contributed by atoms with van der Waals surface area (Å²) in [5.74, 6) is 0. The lowest BCUT2D eigenvalue weighted by Gasteiger charge is -2.39. The largest absolute Gasteiger partial charge is 0.397 e. The first-order chi connectivity index (χ1) is 11.1. The quantitative estimate of drug-likeness (QED) is 0.494. The van der Waals surface area contributed by atoms with E-state index in [1.165, 1.54) is 12.1 Å². The molecule has 0 bridgehead atoms. The van der Waals surface area contributed by atoms with Gasteiger partial charge in [-0.1, -0.05) is 20.8 Å². The van der Waals surface area contributed by atoms with Crippen molar-refractivity contribution in [2.45, 2.75) is 53.1 Å². The fourth-order valence-corrected chi connectivity index (χ4v) is 3.37. The van der Waals surface area contributed by atoms with Crippen molar-refractivity contribution in [1.29, 1.82) is 0 Å². The van der Waals surface area contributed by atoms with Gasteiger partial charge in [0.05, 0.1) is 17.2 Å². The molecule has 0 fully saturated rings. The molecule has 1 heterocycles. The number of anilines is 1. The van der Waals surface area contributed by atoms with Crippen molar-refractivity contribution >= 4 is 26.4 Å². The first-order valence-electron chi connectivity index (χ1n) is 7.88. The Morgan fingerprint density at radius 1 is 1.42 bits per heavy atom. The first kappa shape index (κ1) is 18.4. The molecule has 0 saturated heterocycles.